The van der Waals surface area contributed by atoms with Gasteiger partial charge in [-0.05, 0) is 25.0 Å². The number of nitrogens with one attached hydrogen (secondary N) is 1. The summed E-state index contributed by atoms with van der Waals surface area (Å²) in [6, 6.07) is 8.02. The van der Waals surface area contributed by atoms with Gasteiger partial charge in [0.15, 0.2) is 0 Å². The van der Waals surface area contributed by atoms with Gasteiger partial charge in [-0.2, -0.15) is 0 Å². The van der Waals surface area contributed by atoms with Crippen LogP contribution in [0.25, 0.3) is 0 Å². The summed E-state index contributed by atoms with van der Waals surface area (Å²) in [5, 5.41) is 13.2. The molecule has 1 saturated carbocycles. The van der Waals surface area contributed by atoms with E-state index in [1.165, 1.54) is 6.42 Å². The topological polar surface area (TPSA) is 41.5 Å². The number of methoxy groups -OCH3 is 1. The SMILES string of the molecule is COc1cccc(NC2CCCCC2O)c1. The van der Waals surface area contributed by atoms with Gasteiger partial charge in [0, 0.05) is 11.8 Å². The van der Waals surface area contributed by atoms with Crippen LogP contribution in [0.2, 0.25) is 0 Å². The molecule has 1 aromatic rings. The smallest absolute Gasteiger partial charge is 0.120 e. The van der Waals surface area contributed by atoms with Crippen molar-refractivity contribution in [2.75, 3.05) is 12.4 Å². The maximum Gasteiger partial charge on any atom is 0.120 e. The fourth-order valence-electron chi connectivity index (χ4n) is 2.21. The molecule has 0 aliphatic heterocycles. The number of rotatable bonds is 3. The van der Waals surface area contributed by atoms with E-state index in [1.807, 2.05) is 24.3 Å². The monoisotopic (exact) mass is 221 g/mol. The van der Waals surface area contributed by atoms with Crippen molar-refractivity contribution in [2.24, 2.45) is 0 Å². The summed E-state index contributed by atoms with van der Waals surface area (Å²) < 4.78 is 5.17. The summed E-state index contributed by atoms with van der Waals surface area (Å²) in [4.78, 5) is 0. The largest absolute Gasteiger partial charge is 0.497 e. The van der Waals surface area contributed by atoms with Crippen LogP contribution >= 0.6 is 0 Å². The molecule has 0 radical (unpaired) electrons. The molecule has 16 heavy (non-hydrogen) atoms. The molecule has 1 fully saturated rings. The van der Waals surface area contributed by atoms with Gasteiger partial charge in [-0.3, -0.25) is 0 Å². The van der Waals surface area contributed by atoms with E-state index in [0.717, 1.165) is 30.7 Å². The lowest BCUT2D eigenvalue weighted by atomic mass is 9.92. The summed E-state index contributed by atoms with van der Waals surface area (Å²) in [5.74, 6) is 0.843. The Hall–Kier alpha value is -1.22. The third-order valence-electron chi connectivity index (χ3n) is 3.15. The van der Waals surface area contributed by atoms with Crippen LogP contribution in [0, 0.1) is 0 Å². The Labute approximate surface area is 96.4 Å². The predicted octanol–water partition coefficient (Wildman–Crippen LogP) is 2.41. The number of benzene rings is 1. The van der Waals surface area contributed by atoms with E-state index in [9.17, 15) is 5.11 Å². The van der Waals surface area contributed by atoms with Crippen LogP contribution in [0.5, 0.6) is 5.75 Å². The summed E-state index contributed by atoms with van der Waals surface area (Å²) >= 11 is 0. The molecule has 3 nitrogen and oxygen atoms in total. The van der Waals surface area contributed by atoms with Crippen LogP contribution in [0.15, 0.2) is 24.3 Å². The predicted molar refractivity (Wildman–Crippen MR) is 64.9 cm³/mol. The van der Waals surface area contributed by atoms with Crippen molar-refractivity contribution in [1.29, 1.82) is 0 Å². The molecule has 1 aliphatic rings. The summed E-state index contributed by atoms with van der Waals surface area (Å²) in [5.41, 5.74) is 1.02. The molecule has 0 saturated heterocycles. The quantitative estimate of drug-likeness (QED) is 0.823. The Bertz CT molecular complexity index is 340. The van der Waals surface area contributed by atoms with Crippen LogP contribution in [-0.4, -0.2) is 24.4 Å². The van der Waals surface area contributed by atoms with Crippen molar-refractivity contribution in [3.63, 3.8) is 0 Å². The number of anilines is 1. The maximum absolute atomic E-state index is 9.86. The molecule has 0 bridgehead atoms. The highest BCUT2D eigenvalue weighted by Crippen LogP contribution is 2.24. The molecular formula is C13H19NO2. The van der Waals surface area contributed by atoms with Gasteiger partial charge in [-0.15, -0.1) is 0 Å². The highest BCUT2D eigenvalue weighted by Gasteiger charge is 2.22. The number of hydrogen-bond donors (Lipinski definition) is 2. The van der Waals surface area contributed by atoms with Gasteiger partial charge in [0.25, 0.3) is 0 Å². The summed E-state index contributed by atoms with van der Waals surface area (Å²) in [6.07, 6.45) is 4.05. The number of aliphatic hydroxyl groups excluding tert-OH is 1. The standard InChI is InChI=1S/C13H19NO2/c1-16-11-6-4-5-10(9-11)14-12-7-2-3-8-13(12)15/h4-6,9,12-15H,2-3,7-8H2,1H3. The molecule has 2 atom stereocenters. The lowest BCUT2D eigenvalue weighted by molar-refractivity contribution is 0.116. The average Bonchev–Trinajstić information content (AvgIpc) is 2.32. The molecular weight excluding hydrogens is 202 g/mol. The van der Waals surface area contributed by atoms with Crippen molar-refractivity contribution in [2.45, 2.75) is 37.8 Å². The minimum atomic E-state index is -0.222. The Kier molecular flexibility index (Phi) is 3.67. The first-order valence-electron chi connectivity index (χ1n) is 5.88. The van der Waals surface area contributed by atoms with Crippen LogP contribution in [0.3, 0.4) is 0 Å². The normalized spacial score (nSPS) is 25.1. The first-order chi connectivity index (χ1) is 7.79. The van der Waals surface area contributed by atoms with E-state index in [2.05, 4.69) is 5.32 Å². The van der Waals surface area contributed by atoms with Gasteiger partial charge < -0.3 is 15.2 Å². The fraction of sp³-hybridized carbons (Fsp3) is 0.538. The van der Waals surface area contributed by atoms with E-state index in [0.29, 0.717) is 0 Å². The van der Waals surface area contributed by atoms with Gasteiger partial charge >= 0.3 is 0 Å². The molecule has 88 valence electrons. The lowest BCUT2D eigenvalue weighted by Crippen LogP contribution is -2.36. The van der Waals surface area contributed by atoms with Gasteiger partial charge in [0.05, 0.1) is 19.3 Å². The van der Waals surface area contributed by atoms with E-state index < -0.39 is 0 Å². The van der Waals surface area contributed by atoms with Crippen molar-refractivity contribution >= 4 is 5.69 Å². The van der Waals surface area contributed by atoms with Gasteiger partial charge in [-0.1, -0.05) is 18.9 Å². The number of aliphatic hydroxyl groups is 1. The number of hydrogen-bond acceptors (Lipinski definition) is 3. The highest BCUT2D eigenvalue weighted by atomic mass is 16.5. The van der Waals surface area contributed by atoms with E-state index in [4.69, 9.17) is 4.74 Å². The van der Waals surface area contributed by atoms with Gasteiger partial charge in [0.1, 0.15) is 5.75 Å². The second-order valence-electron chi connectivity index (χ2n) is 4.33. The molecule has 1 aliphatic carbocycles. The third-order valence-corrected chi connectivity index (χ3v) is 3.15. The zero-order valence-corrected chi connectivity index (χ0v) is 9.65. The molecule has 0 spiro atoms. The molecule has 2 N–H and O–H groups in total. The Morgan fingerprint density at radius 2 is 2.12 bits per heavy atom. The fourth-order valence-corrected chi connectivity index (χ4v) is 2.21. The van der Waals surface area contributed by atoms with Crippen molar-refractivity contribution in [1.82, 2.24) is 0 Å². The third kappa shape index (κ3) is 2.67. The average molecular weight is 221 g/mol. The molecule has 3 heteroatoms. The molecule has 2 unspecified atom stereocenters. The molecule has 0 heterocycles. The van der Waals surface area contributed by atoms with Crippen molar-refractivity contribution < 1.29 is 9.84 Å². The van der Waals surface area contributed by atoms with Gasteiger partial charge in [-0.25, -0.2) is 0 Å². The lowest BCUT2D eigenvalue weighted by Gasteiger charge is -2.29. The molecule has 0 aromatic heterocycles. The first kappa shape index (κ1) is 11.3. The second kappa shape index (κ2) is 5.21. The molecule has 1 aromatic carbocycles. The zero-order valence-electron chi connectivity index (χ0n) is 9.65. The van der Waals surface area contributed by atoms with Crippen LogP contribution in [-0.2, 0) is 0 Å². The minimum Gasteiger partial charge on any atom is -0.497 e. The van der Waals surface area contributed by atoms with E-state index in [1.54, 1.807) is 7.11 Å². The number of ether oxygens (including phenoxy) is 1. The van der Waals surface area contributed by atoms with E-state index in [-0.39, 0.29) is 12.1 Å². The maximum atomic E-state index is 9.86. The second-order valence-corrected chi connectivity index (χ2v) is 4.33. The van der Waals surface area contributed by atoms with Crippen LogP contribution in [0.1, 0.15) is 25.7 Å². The molecule has 2 rings (SSSR count). The van der Waals surface area contributed by atoms with Crippen molar-refractivity contribution in [3.05, 3.63) is 24.3 Å². The van der Waals surface area contributed by atoms with Crippen LogP contribution < -0.4 is 10.1 Å². The Morgan fingerprint density at radius 3 is 2.88 bits per heavy atom. The highest BCUT2D eigenvalue weighted by molar-refractivity contribution is 5.49. The summed E-state index contributed by atoms with van der Waals surface area (Å²) in [7, 11) is 1.66. The molecule has 0 amide bonds. The van der Waals surface area contributed by atoms with Crippen molar-refractivity contribution in [3.8, 4) is 5.75 Å². The Balaban J connectivity index is 2.01. The first-order valence-corrected chi connectivity index (χ1v) is 5.88. The van der Waals surface area contributed by atoms with Gasteiger partial charge in [0.2, 0.25) is 0 Å². The Morgan fingerprint density at radius 1 is 1.31 bits per heavy atom. The van der Waals surface area contributed by atoms with Crippen LogP contribution in [0.4, 0.5) is 5.69 Å². The zero-order chi connectivity index (χ0) is 11.4. The van der Waals surface area contributed by atoms with E-state index >= 15 is 0 Å². The summed E-state index contributed by atoms with van der Waals surface area (Å²) in [6.45, 7) is 0. The minimum absolute atomic E-state index is 0.181.